The molecule has 1 nitrogen and oxygen atoms in total. The minimum absolute atomic E-state index is 0.0567. The fraction of sp³-hybridized carbons (Fsp3) is 0.300. The van der Waals surface area contributed by atoms with E-state index in [9.17, 15) is 13.6 Å². The van der Waals surface area contributed by atoms with Gasteiger partial charge in [0.2, 0.25) is 0 Å². The molecular weight excluding hydrogens is 174 g/mol. The number of halogens is 2. The molecule has 13 heavy (non-hydrogen) atoms. The van der Waals surface area contributed by atoms with E-state index in [2.05, 4.69) is 0 Å². The van der Waals surface area contributed by atoms with Crippen LogP contribution in [0.4, 0.5) is 8.78 Å². The highest BCUT2D eigenvalue weighted by Gasteiger charge is 2.33. The van der Waals surface area contributed by atoms with E-state index in [1.165, 1.54) is 18.2 Å². The minimum Gasteiger partial charge on any atom is -0.299 e. The lowest BCUT2D eigenvalue weighted by Crippen LogP contribution is -2.25. The van der Waals surface area contributed by atoms with Crippen molar-refractivity contribution in [2.24, 2.45) is 0 Å². The summed E-state index contributed by atoms with van der Waals surface area (Å²) in [5.74, 6) is -1.83. The van der Waals surface area contributed by atoms with Crippen LogP contribution < -0.4 is 0 Å². The van der Waals surface area contributed by atoms with Crippen LogP contribution in [0.5, 0.6) is 0 Å². The zero-order valence-electron chi connectivity index (χ0n) is 6.89. The van der Waals surface area contributed by atoms with Crippen molar-refractivity contribution in [3.63, 3.8) is 0 Å². The molecule has 1 unspecified atom stereocenters. The van der Waals surface area contributed by atoms with Crippen LogP contribution in [0.15, 0.2) is 18.2 Å². The second kappa shape index (κ2) is 2.91. The average Bonchev–Trinajstić information content (AvgIpc) is 2.09. The van der Waals surface area contributed by atoms with Crippen LogP contribution in [0.3, 0.4) is 0 Å². The smallest absolute Gasteiger partial charge is 0.140 e. The molecule has 0 radical (unpaired) electrons. The summed E-state index contributed by atoms with van der Waals surface area (Å²) in [6.45, 7) is 0. The van der Waals surface area contributed by atoms with Gasteiger partial charge in [0, 0.05) is 17.9 Å². The van der Waals surface area contributed by atoms with E-state index in [1.807, 2.05) is 0 Å². The first-order valence-corrected chi connectivity index (χ1v) is 4.17. The monoisotopic (exact) mass is 182 g/mol. The van der Waals surface area contributed by atoms with Gasteiger partial charge in [-0.3, -0.25) is 4.79 Å². The Hall–Kier alpha value is -1.25. The van der Waals surface area contributed by atoms with Crippen LogP contribution in [0.25, 0.3) is 0 Å². The third-order valence-electron chi connectivity index (χ3n) is 2.42. The van der Waals surface area contributed by atoms with Gasteiger partial charge in [0.05, 0.1) is 0 Å². The number of carbonyl (C=O) groups is 1. The average molecular weight is 182 g/mol. The van der Waals surface area contributed by atoms with Crippen LogP contribution in [0.1, 0.15) is 24.3 Å². The third-order valence-corrected chi connectivity index (χ3v) is 2.42. The molecule has 0 N–H and O–H groups in total. The Bertz CT molecular complexity index is 340. The summed E-state index contributed by atoms with van der Waals surface area (Å²) in [5.41, 5.74) is -0.0567. The van der Waals surface area contributed by atoms with Gasteiger partial charge in [0.25, 0.3) is 0 Å². The van der Waals surface area contributed by atoms with Gasteiger partial charge in [-0.2, -0.15) is 0 Å². The second-order valence-electron chi connectivity index (χ2n) is 3.19. The summed E-state index contributed by atoms with van der Waals surface area (Å²) >= 11 is 0. The van der Waals surface area contributed by atoms with Crippen molar-refractivity contribution in [3.05, 3.63) is 35.4 Å². The molecule has 1 saturated carbocycles. The van der Waals surface area contributed by atoms with Crippen LogP contribution in [-0.2, 0) is 4.79 Å². The zero-order chi connectivity index (χ0) is 9.42. The molecule has 68 valence electrons. The lowest BCUT2D eigenvalue weighted by atomic mass is 9.78. The molecule has 0 heterocycles. The van der Waals surface area contributed by atoms with E-state index in [1.54, 1.807) is 0 Å². The molecule has 1 fully saturated rings. The first-order chi connectivity index (χ1) is 6.20. The first kappa shape index (κ1) is 8.35. The molecule has 0 spiro atoms. The highest BCUT2D eigenvalue weighted by molar-refractivity contribution is 5.91. The van der Waals surface area contributed by atoms with Gasteiger partial charge in [-0.05, 0) is 18.6 Å². The van der Waals surface area contributed by atoms with Crippen molar-refractivity contribution in [2.75, 3.05) is 0 Å². The lowest BCUT2D eigenvalue weighted by Gasteiger charge is -2.24. The molecule has 3 heteroatoms. The summed E-state index contributed by atoms with van der Waals surface area (Å²) in [6.07, 6.45) is 1.01. The van der Waals surface area contributed by atoms with Crippen LogP contribution in [0.2, 0.25) is 0 Å². The van der Waals surface area contributed by atoms with Crippen molar-refractivity contribution in [1.29, 1.82) is 0 Å². The Kier molecular flexibility index (Phi) is 1.87. The molecule has 0 amide bonds. The number of ketones is 1. The van der Waals surface area contributed by atoms with E-state index < -0.39 is 17.6 Å². The Morgan fingerprint density at radius 2 is 1.85 bits per heavy atom. The number of benzene rings is 1. The van der Waals surface area contributed by atoms with E-state index in [0.717, 1.165) is 0 Å². The molecule has 2 rings (SSSR count). The molecular formula is C10H8F2O. The Labute approximate surface area is 74.4 Å². The van der Waals surface area contributed by atoms with Gasteiger partial charge >= 0.3 is 0 Å². The molecule has 1 atom stereocenters. The van der Waals surface area contributed by atoms with Gasteiger partial charge in [-0.15, -0.1) is 0 Å². The van der Waals surface area contributed by atoms with E-state index in [4.69, 9.17) is 0 Å². The quantitative estimate of drug-likeness (QED) is 0.651. The number of rotatable bonds is 1. The van der Waals surface area contributed by atoms with Crippen molar-refractivity contribution >= 4 is 5.78 Å². The summed E-state index contributed by atoms with van der Waals surface area (Å²) in [6, 6.07) is 3.67. The molecule has 1 aliphatic rings. The SMILES string of the molecule is O=C1CCC1c1c(F)cccc1F. The second-order valence-corrected chi connectivity index (χ2v) is 3.19. The Morgan fingerprint density at radius 1 is 1.23 bits per heavy atom. The highest BCUT2D eigenvalue weighted by Crippen LogP contribution is 2.35. The number of hydrogen-bond donors (Lipinski definition) is 0. The van der Waals surface area contributed by atoms with Gasteiger partial charge in [0.1, 0.15) is 17.4 Å². The zero-order valence-corrected chi connectivity index (χ0v) is 6.89. The van der Waals surface area contributed by atoms with E-state index >= 15 is 0 Å². The number of Topliss-reactive ketones (excluding diaryl/α,β-unsaturated/α-hetero) is 1. The molecule has 0 aromatic heterocycles. The van der Waals surface area contributed by atoms with Crippen molar-refractivity contribution in [3.8, 4) is 0 Å². The molecule has 1 aromatic carbocycles. The van der Waals surface area contributed by atoms with E-state index in [-0.39, 0.29) is 11.3 Å². The highest BCUT2D eigenvalue weighted by atomic mass is 19.1. The van der Waals surface area contributed by atoms with Crippen LogP contribution >= 0.6 is 0 Å². The maximum Gasteiger partial charge on any atom is 0.140 e. The molecule has 1 aromatic rings. The number of carbonyl (C=O) groups excluding carboxylic acids is 1. The van der Waals surface area contributed by atoms with Crippen LogP contribution in [0, 0.1) is 11.6 Å². The molecule has 0 aliphatic heterocycles. The van der Waals surface area contributed by atoms with Gasteiger partial charge < -0.3 is 0 Å². The topological polar surface area (TPSA) is 17.1 Å². The summed E-state index contributed by atoms with van der Waals surface area (Å²) in [5, 5.41) is 0. The Balaban J connectivity index is 2.44. The summed E-state index contributed by atoms with van der Waals surface area (Å²) in [4.78, 5) is 11.0. The van der Waals surface area contributed by atoms with Crippen molar-refractivity contribution in [1.82, 2.24) is 0 Å². The first-order valence-electron chi connectivity index (χ1n) is 4.17. The normalized spacial score (nSPS) is 21.4. The third kappa shape index (κ3) is 1.24. The summed E-state index contributed by atoms with van der Waals surface area (Å²) < 4.78 is 26.2. The molecule has 0 bridgehead atoms. The molecule has 1 aliphatic carbocycles. The summed E-state index contributed by atoms with van der Waals surface area (Å²) in [7, 11) is 0. The fourth-order valence-corrected chi connectivity index (χ4v) is 1.56. The predicted molar refractivity (Wildman–Crippen MR) is 43.3 cm³/mol. The fourth-order valence-electron chi connectivity index (χ4n) is 1.56. The van der Waals surface area contributed by atoms with E-state index in [0.29, 0.717) is 12.8 Å². The van der Waals surface area contributed by atoms with Crippen LogP contribution in [-0.4, -0.2) is 5.78 Å². The number of hydrogen-bond acceptors (Lipinski definition) is 1. The van der Waals surface area contributed by atoms with Crippen molar-refractivity contribution in [2.45, 2.75) is 18.8 Å². The van der Waals surface area contributed by atoms with Gasteiger partial charge in [0.15, 0.2) is 0 Å². The predicted octanol–water partition coefficient (Wildman–Crippen LogP) is 2.41. The largest absolute Gasteiger partial charge is 0.299 e. The Morgan fingerprint density at radius 3 is 2.23 bits per heavy atom. The maximum atomic E-state index is 13.1. The van der Waals surface area contributed by atoms with Gasteiger partial charge in [-0.1, -0.05) is 6.07 Å². The maximum absolute atomic E-state index is 13.1. The minimum atomic E-state index is -0.613. The lowest BCUT2D eigenvalue weighted by molar-refractivity contribution is -0.125. The standard InChI is InChI=1S/C10H8F2O/c11-7-2-1-3-8(12)10(7)6-4-5-9(6)13/h1-3,6H,4-5H2. The van der Waals surface area contributed by atoms with Crippen molar-refractivity contribution < 1.29 is 13.6 Å². The van der Waals surface area contributed by atoms with Gasteiger partial charge in [-0.25, -0.2) is 8.78 Å². The molecule has 0 saturated heterocycles.